The van der Waals surface area contributed by atoms with Crippen LogP contribution in [0.15, 0.2) is 18.2 Å². The van der Waals surface area contributed by atoms with E-state index in [2.05, 4.69) is 5.32 Å². The first-order valence-electron chi connectivity index (χ1n) is 4.41. The zero-order valence-corrected chi connectivity index (χ0v) is 9.12. The van der Waals surface area contributed by atoms with Gasteiger partial charge in [0.1, 0.15) is 0 Å². The van der Waals surface area contributed by atoms with Crippen molar-refractivity contribution < 1.29 is 18.0 Å². The maximum atomic E-state index is 12.3. The summed E-state index contributed by atoms with van der Waals surface area (Å²) in [5.74, 6) is -0.346. The minimum absolute atomic E-state index is 0.0328. The Bertz CT molecular complexity index is 404. The number of halogens is 4. The summed E-state index contributed by atoms with van der Waals surface area (Å²) in [7, 11) is 1.57. The maximum Gasteiger partial charge on any atom is 0.416 e. The van der Waals surface area contributed by atoms with Crippen molar-refractivity contribution in [2.45, 2.75) is 6.18 Å². The lowest BCUT2D eigenvalue weighted by atomic mass is 10.1. The van der Waals surface area contributed by atoms with Gasteiger partial charge in [-0.1, -0.05) is 11.6 Å². The van der Waals surface area contributed by atoms with E-state index in [4.69, 9.17) is 11.6 Å². The lowest BCUT2D eigenvalue weighted by Gasteiger charge is -2.09. The standard InChI is InChI=1S/C10H9ClF3NO/c1-15-5-9(16)7-3-2-6(4-8(7)11)10(12,13)14/h2-4,15H,5H2,1H3. The molecule has 0 aliphatic carbocycles. The molecule has 0 unspecified atom stereocenters. The summed E-state index contributed by atoms with van der Waals surface area (Å²) in [6.07, 6.45) is -4.45. The first-order chi connectivity index (χ1) is 7.36. The highest BCUT2D eigenvalue weighted by molar-refractivity contribution is 6.34. The molecule has 0 saturated heterocycles. The fourth-order valence-corrected chi connectivity index (χ4v) is 1.46. The van der Waals surface area contributed by atoms with Gasteiger partial charge in [0.05, 0.1) is 17.1 Å². The lowest BCUT2D eigenvalue weighted by Crippen LogP contribution is -2.19. The predicted molar refractivity (Wildman–Crippen MR) is 54.7 cm³/mol. The Hall–Kier alpha value is -1.07. The van der Waals surface area contributed by atoms with Crippen molar-refractivity contribution >= 4 is 17.4 Å². The molecule has 0 amide bonds. The van der Waals surface area contributed by atoms with E-state index in [1.807, 2.05) is 0 Å². The summed E-state index contributed by atoms with van der Waals surface area (Å²) >= 11 is 5.62. The number of hydrogen-bond acceptors (Lipinski definition) is 2. The van der Waals surface area contributed by atoms with Crippen molar-refractivity contribution in [1.29, 1.82) is 0 Å². The van der Waals surface area contributed by atoms with E-state index in [1.54, 1.807) is 7.05 Å². The minimum Gasteiger partial charge on any atom is -0.313 e. The van der Waals surface area contributed by atoms with Crippen molar-refractivity contribution in [2.24, 2.45) is 0 Å². The van der Waals surface area contributed by atoms with Crippen LogP contribution in [-0.4, -0.2) is 19.4 Å². The smallest absolute Gasteiger partial charge is 0.313 e. The first-order valence-corrected chi connectivity index (χ1v) is 4.78. The zero-order valence-electron chi connectivity index (χ0n) is 8.36. The quantitative estimate of drug-likeness (QED) is 0.837. The van der Waals surface area contributed by atoms with E-state index in [0.717, 1.165) is 18.2 Å². The first kappa shape index (κ1) is 13.0. The Morgan fingerprint density at radius 1 is 1.44 bits per heavy atom. The highest BCUT2D eigenvalue weighted by atomic mass is 35.5. The van der Waals surface area contributed by atoms with Crippen LogP contribution in [0.1, 0.15) is 15.9 Å². The summed E-state index contributed by atoms with van der Waals surface area (Å²) in [6, 6.07) is 2.68. The van der Waals surface area contributed by atoms with Crippen LogP contribution in [0.3, 0.4) is 0 Å². The number of ketones is 1. The van der Waals surface area contributed by atoms with Gasteiger partial charge in [0.15, 0.2) is 5.78 Å². The number of hydrogen-bond donors (Lipinski definition) is 1. The molecule has 88 valence electrons. The van der Waals surface area contributed by atoms with Crippen molar-refractivity contribution in [3.8, 4) is 0 Å². The Morgan fingerprint density at radius 3 is 2.50 bits per heavy atom. The van der Waals surface area contributed by atoms with Crippen LogP contribution in [-0.2, 0) is 6.18 Å². The molecule has 2 nitrogen and oxygen atoms in total. The normalized spacial score (nSPS) is 11.6. The number of alkyl halides is 3. The molecule has 0 saturated carbocycles. The molecule has 0 aliphatic heterocycles. The van der Waals surface area contributed by atoms with Crippen molar-refractivity contribution in [3.05, 3.63) is 34.3 Å². The fourth-order valence-electron chi connectivity index (χ4n) is 1.17. The molecule has 0 heterocycles. The third-order valence-corrected chi connectivity index (χ3v) is 2.25. The number of nitrogens with one attached hydrogen (secondary N) is 1. The molecule has 0 aliphatic rings. The van der Waals surface area contributed by atoms with E-state index >= 15 is 0 Å². The fraction of sp³-hybridized carbons (Fsp3) is 0.300. The van der Waals surface area contributed by atoms with Crippen LogP contribution in [0, 0.1) is 0 Å². The van der Waals surface area contributed by atoms with Gasteiger partial charge in [-0.25, -0.2) is 0 Å². The topological polar surface area (TPSA) is 29.1 Å². The van der Waals surface area contributed by atoms with Crippen molar-refractivity contribution in [2.75, 3.05) is 13.6 Å². The van der Waals surface area contributed by atoms with Gasteiger partial charge in [-0.05, 0) is 25.2 Å². The van der Waals surface area contributed by atoms with Gasteiger partial charge in [0.25, 0.3) is 0 Å². The van der Waals surface area contributed by atoms with E-state index in [-0.39, 0.29) is 22.9 Å². The van der Waals surface area contributed by atoms with Gasteiger partial charge in [0, 0.05) is 5.56 Å². The molecule has 1 N–H and O–H groups in total. The zero-order chi connectivity index (χ0) is 12.3. The van der Waals surface area contributed by atoms with Gasteiger partial charge in [-0.2, -0.15) is 13.2 Å². The second-order valence-electron chi connectivity index (χ2n) is 3.15. The summed E-state index contributed by atoms with van der Waals surface area (Å²) in [5, 5.41) is 2.42. The Kier molecular flexibility index (Phi) is 3.93. The monoisotopic (exact) mass is 251 g/mol. The highest BCUT2D eigenvalue weighted by Gasteiger charge is 2.31. The number of carbonyl (C=O) groups is 1. The summed E-state index contributed by atoms with van der Waals surface area (Å²) in [6.45, 7) is 0.0328. The van der Waals surface area contributed by atoms with Crippen LogP contribution in [0.4, 0.5) is 13.2 Å². The molecule has 1 rings (SSSR count). The van der Waals surface area contributed by atoms with Gasteiger partial charge in [0.2, 0.25) is 0 Å². The molecular weight excluding hydrogens is 243 g/mol. The number of rotatable bonds is 3. The second-order valence-corrected chi connectivity index (χ2v) is 3.55. The molecule has 0 aromatic heterocycles. The molecule has 16 heavy (non-hydrogen) atoms. The molecule has 0 bridgehead atoms. The molecule has 1 aromatic rings. The van der Waals surface area contributed by atoms with Crippen LogP contribution >= 0.6 is 11.6 Å². The van der Waals surface area contributed by atoms with Crippen LogP contribution < -0.4 is 5.32 Å². The predicted octanol–water partition coefficient (Wildman–Crippen LogP) is 2.76. The van der Waals surface area contributed by atoms with Gasteiger partial charge < -0.3 is 5.32 Å². The summed E-state index contributed by atoms with van der Waals surface area (Å²) < 4.78 is 36.9. The molecule has 0 fully saturated rings. The number of Topliss-reactive ketones (excluding diaryl/α,β-unsaturated/α-hetero) is 1. The number of benzene rings is 1. The SMILES string of the molecule is CNCC(=O)c1ccc(C(F)(F)F)cc1Cl. The third kappa shape index (κ3) is 2.96. The third-order valence-electron chi connectivity index (χ3n) is 1.93. The van der Waals surface area contributed by atoms with Crippen LogP contribution in [0.2, 0.25) is 5.02 Å². The molecular formula is C10H9ClF3NO. The van der Waals surface area contributed by atoms with E-state index in [9.17, 15) is 18.0 Å². The largest absolute Gasteiger partial charge is 0.416 e. The van der Waals surface area contributed by atoms with Crippen LogP contribution in [0.5, 0.6) is 0 Å². The maximum absolute atomic E-state index is 12.3. The molecule has 1 aromatic carbocycles. The summed E-state index contributed by atoms with van der Waals surface area (Å²) in [4.78, 5) is 11.4. The molecule has 0 spiro atoms. The number of likely N-dealkylation sites (N-methyl/N-ethyl adjacent to an activating group) is 1. The van der Waals surface area contributed by atoms with Crippen LogP contribution in [0.25, 0.3) is 0 Å². The van der Waals surface area contributed by atoms with Gasteiger partial charge >= 0.3 is 6.18 Å². The van der Waals surface area contributed by atoms with Crippen molar-refractivity contribution in [1.82, 2.24) is 5.32 Å². The second kappa shape index (κ2) is 4.84. The Balaban J connectivity index is 3.05. The van der Waals surface area contributed by atoms with E-state index < -0.39 is 11.7 Å². The molecule has 6 heteroatoms. The Labute approximate surface area is 95.4 Å². The molecule has 0 radical (unpaired) electrons. The summed E-state index contributed by atoms with van der Waals surface area (Å²) in [5.41, 5.74) is -0.775. The Morgan fingerprint density at radius 2 is 2.06 bits per heavy atom. The lowest BCUT2D eigenvalue weighted by molar-refractivity contribution is -0.137. The average molecular weight is 252 g/mol. The van der Waals surface area contributed by atoms with E-state index in [1.165, 1.54) is 0 Å². The molecule has 0 atom stereocenters. The highest BCUT2D eigenvalue weighted by Crippen LogP contribution is 2.32. The van der Waals surface area contributed by atoms with Gasteiger partial charge in [-0.15, -0.1) is 0 Å². The minimum atomic E-state index is -4.45. The van der Waals surface area contributed by atoms with Gasteiger partial charge in [-0.3, -0.25) is 4.79 Å². The van der Waals surface area contributed by atoms with Crippen molar-refractivity contribution in [3.63, 3.8) is 0 Å². The van der Waals surface area contributed by atoms with E-state index in [0.29, 0.717) is 0 Å². The number of carbonyl (C=O) groups excluding carboxylic acids is 1. The average Bonchev–Trinajstić information content (AvgIpc) is 2.16.